The van der Waals surface area contributed by atoms with Crippen LogP contribution in [0.15, 0.2) is 42.5 Å². The average Bonchev–Trinajstić information content (AvgIpc) is 2.93. The Bertz CT molecular complexity index is 907. The molecule has 136 valence electrons. The molecule has 4 heteroatoms. The molecule has 0 spiro atoms. The number of Topliss-reactive ketones (excluding diaryl/α,β-unsaturated/α-hetero) is 1. The normalized spacial score (nSPS) is 13.5. The molecule has 3 heterocycles. The highest BCUT2D eigenvalue weighted by Crippen LogP contribution is 2.29. The van der Waals surface area contributed by atoms with Gasteiger partial charge in [-0.25, -0.2) is 4.98 Å². The maximum Gasteiger partial charge on any atom is 0.179 e. The first-order valence-electron chi connectivity index (χ1n) is 9.41. The molecule has 4 nitrogen and oxygen atoms in total. The quantitative estimate of drug-likeness (QED) is 0.693. The van der Waals surface area contributed by atoms with Crippen LogP contribution in [0.2, 0.25) is 0 Å². The molecule has 3 aromatic rings. The topological polar surface area (TPSA) is 37.6 Å². The van der Waals surface area contributed by atoms with Crippen LogP contribution in [0.4, 0.5) is 0 Å². The fraction of sp³-hybridized carbons (Fsp3) is 0.364. The summed E-state index contributed by atoms with van der Waals surface area (Å²) in [7, 11) is 4.14. The number of carbonyl (C=O) groups excluding carboxylic acids is 1. The van der Waals surface area contributed by atoms with Gasteiger partial charge >= 0.3 is 0 Å². The smallest absolute Gasteiger partial charge is 0.179 e. The van der Waals surface area contributed by atoms with E-state index < -0.39 is 0 Å². The van der Waals surface area contributed by atoms with Gasteiger partial charge < -0.3 is 4.90 Å². The zero-order valence-electron chi connectivity index (χ0n) is 16.1. The van der Waals surface area contributed by atoms with Crippen LogP contribution in [0.1, 0.15) is 48.4 Å². The molecule has 4 rings (SSSR count). The van der Waals surface area contributed by atoms with Crippen LogP contribution in [0.3, 0.4) is 0 Å². The molecule has 0 saturated heterocycles. The van der Waals surface area contributed by atoms with Crippen molar-refractivity contribution in [1.29, 1.82) is 0 Å². The van der Waals surface area contributed by atoms with Crippen LogP contribution < -0.4 is 0 Å². The van der Waals surface area contributed by atoms with Crippen molar-refractivity contribution >= 4 is 11.4 Å². The first kappa shape index (κ1) is 18.3. The second-order valence-corrected chi connectivity index (χ2v) is 6.72. The molecular weight excluding hydrogens is 322 g/mol. The Morgan fingerprint density at radius 2 is 1.77 bits per heavy atom. The average molecular weight is 349 g/mol. The van der Waals surface area contributed by atoms with Gasteiger partial charge in [0.25, 0.3) is 0 Å². The van der Waals surface area contributed by atoms with E-state index in [1.807, 2.05) is 32.0 Å². The monoisotopic (exact) mass is 349 g/mol. The van der Waals surface area contributed by atoms with E-state index in [1.165, 1.54) is 5.56 Å². The van der Waals surface area contributed by atoms with E-state index in [0.717, 1.165) is 47.7 Å². The summed E-state index contributed by atoms with van der Waals surface area (Å²) in [5, 5.41) is 0. The standard InChI is InChI=1S/C20H21N3O.C2H6/c1-22(2)13-14-9-11-15(12-10-14)20-17-6-3-7-18(24)16-5-4-8-19(21-20)23(16)17;1-2/h4-5,8-12H,3,6-7,13H2,1-2H3;1-2H3. The molecule has 0 bridgehead atoms. The van der Waals surface area contributed by atoms with Crippen LogP contribution in [0, 0.1) is 0 Å². The van der Waals surface area contributed by atoms with Crippen molar-refractivity contribution in [3.05, 3.63) is 59.4 Å². The number of benzene rings is 1. The molecule has 0 fully saturated rings. The molecule has 0 saturated carbocycles. The van der Waals surface area contributed by atoms with Gasteiger partial charge in [-0.3, -0.25) is 9.20 Å². The van der Waals surface area contributed by atoms with Crippen molar-refractivity contribution in [3.63, 3.8) is 0 Å². The molecule has 1 aromatic carbocycles. The lowest BCUT2D eigenvalue weighted by atomic mass is 10.0. The lowest BCUT2D eigenvalue weighted by Crippen LogP contribution is -2.10. The van der Waals surface area contributed by atoms with Gasteiger partial charge in [-0.15, -0.1) is 0 Å². The first-order chi connectivity index (χ1) is 12.6. The van der Waals surface area contributed by atoms with Gasteiger partial charge in [0, 0.05) is 18.5 Å². The zero-order valence-corrected chi connectivity index (χ0v) is 16.1. The van der Waals surface area contributed by atoms with Crippen molar-refractivity contribution in [2.45, 2.75) is 39.7 Å². The molecular formula is C22H27N3O. The minimum absolute atomic E-state index is 0.213. The minimum atomic E-state index is 0.213. The molecule has 0 radical (unpaired) electrons. The van der Waals surface area contributed by atoms with Gasteiger partial charge in [0.05, 0.1) is 17.1 Å². The predicted molar refractivity (Wildman–Crippen MR) is 107 cm³/mol. The molecule has 0 unspecified atom stereocenters. The number of pyridine rings is 1. The molecule has 1 aliphatic rings. The van der Waals surface area contributed by atoms with Crippen LogP contribution in [-0.2, 0) is 13.0 Å². The van der Waals surface area contributed by atoms with Gasteiger partial charge in [-0.05, 0) is 44.6 Å². The van der Waals surface area contributed by atoms with Crippen LogP contribution >= 0.6 is 0 Å². The summed E-state index contributed by atoms with van der Waals surface area (Å²) < 4.78 is 2.05. The third kappa shape index (κ3) is 3.42. The van der Waals surface area contributed by atoms with Crippen molar-refractivity contribution in [2.24, 2.45) is 0 Å². The van der Waals surface area contributed by atoms with E-state index in [2.05, 4.69) is 47.7 Å². The minimum Gasteiger partial charge on any atom is -0.305 e. The Hall–Kier alpha value is -2.46. The fourth-order valence-corrected chi connectivity index (χ4v) is 3.51. The molecule has 1 aliphatic heterocycles. The Morgan fingerprint density at radius 1 is 1.04 bits per heavy atom. The highest BCUT2D eigenvalue weighted by atomic mass is 16.1. The van der Waals surface area contributed by atoms with E-state index >= 15 is 0 Å². The van der Waals surface area contributed by atoms with Gasteiger partial charge in [0.1, 0.15) is 5.65 Å². The van der Waals surface area contributed by atoms with Gasteiger partial charge in [0.2, 0.25) is 0 Å². The third-order valence-electron chi connectivity index (χ3n) is 4.57. The van der Waals surface area contributed by atoms with Crippen molar-refractivity contribution in [1.82, 2.24) is 14.3 Å². The van der Waals surface area contributed by atoms with E-state index in [-0.39, 0.29) is 5.78 Å². The zero-order chi connectivity index (χ0) is 18.7. The summed E-state index contributed by atoms with van der Waals surface area (Å²) in [6.07, 6.45) is 2.38. The van der Waals surface area contributed by atoms with E-state index in [1.54, 1.807) is 0 Å². The highest BCUT2D eigenvalue weighted by Gasteiger charge is 2.22. The number of hydrogen-bond acceptors (Lipinski definition) is 3. The molecule has 0 atom stereocenters. The molecule has 0 amide bonds. The molecule has 26 heavy (non-hydrogen) atoms. The first-order valence-corrected chi connectivity index (χ1v) is 9.41. The van der Waals surface area contributed by atoms with Crippen LogP contribution in [-0.4, -0.2) is 34.2 Å². The number of ketones is 1. The summed E-state index contributed by atoms with van der Waals surface area (Å²) in [6, 6.07) is 14.4. The third-order valence-corrected chi connectivity index (χ3v) is 4.57. The van der Waals surface area contributed by atoms with Crippen molar-refractivity contribution < 1.29 is 4.79 Å². The maximum absolute atomic E-state index is 12.3. The number of rotatable bonds is 3. The molecule has 0 aliphatic carbocycles. The number of aryl methyl sites for hydroxylation is 1. The lowest BCUT2D eigenvalue weighted by Gasteiger charge is -2.10. The van der Waals surface area contributed by atoms with Crippen LogP contribution in [0.25, 0.3) is 16.9 Å². The molecule has 0 N–H and O–H groups in total. The van der Waals surface area contributed by atoms with E-state index in [9.17, 15) is 4.79 Å². The number of aromatic nitrogens is 2. The largest absolute Gasteiger partial charge is 0.305 e. The Balaban J connectivity index is 0.000000948. The van der Waals surface area contributed by atoms with Crippen molar-refractivity contribution in [3.8, 4) is 11.3 Å². The number of carbonyl (C=O) groups is 1. The Labute approximate surface area is 155 Å². The Morgan fingerprint density at radius 3 is 2.46 bits per heavy atom. The number of imidazole rings is 1. The number of nitrogens with zero attached hydrogens (tertiary/aromatic N) is 3. The summed E-state index contributed by atoms with van der Waals surface area (Å²) in [6.45, 7) is 4.93. The summed E-state index contributed by atoms with van der Waals surface area (Å²) in [5.41, 5.74) is 6.21. The highest BCUT2D eigenvalue weighted by molar-refractivity contribution is 5.96. The van der Waals surface area contributed by atoms with Gasteiger partial charge in [-0.1, -0.05) is 44.2 Å². The predicted octanol–water partition coefficient (Wildman–Crippen LogP) is 4.61. The maximum atomic E-state index is 12.3. The van der Waals surface area contributed by atoms with Gasteiger partial charge in [-0.2, -0.15) is 0 Å². The number of hydrogen-bond donors (Lipinski definition) is 0. The Kier molecular flexibility index (Phi) is 5.52. The van der Waals surface area contributed by atoms with Gasteiger partial charge in [0.15, 0.2) is 5.78 Å². The van der Waals surface area contributed by atoms with Crippen molar-refractivity contribution in [2.75, 3.05) is 14.1 Å². The fourth-order valence-electron chi connectivity index (χ4n) is 3.51. The van der Waals surface area contributed by atoms with Crippen LogP contribution in [0.5, 0.6) is 0 Å². The van der Waals surface area contributed by atoms with E-state index in [0.29, 0.717) is 6.42 Å². The summed E-state index contributed by atoms with van der Waals surface area (Å²) in [5.74, 6) is 0.213. The second-order valence-electron chi connectivity index (χ2n) is 6.72. The molecule has 2 aromatic heterocycles. The summed E-state index contributed by atoms with van der Waals surface area (Å²) >= 11 is 0. The lowest BCUT2D eigenvalue weighted by molar-refractivity contribution is 0.0977. The SMILES string of the molecule is CC.CN(C)Cc1ccc(-c2nc3cccc4n3c2CCCC4=O)cc1. The summed E-state index contributed by atoms with van der Waals surface area (Å²) in [4.78, 5) is 19.3. The van der Waals surface area contributed by atoms with E-state index in [4.69, 9.17) is 4.98 Å². The second kappa shape index (κ2) is 7.83.